The summed E-state index contributed by atoms with van der Waals surface area (Å²) in [5.74, 6) is -1.77. The molecular formula is C42H59NO9. The third-order valence-electron chi connectivity index (χ3n) is 16.8. The largest absolute Gasteiger partial charge is 0.519 e. The number of nitrogens with zero attached hydrogens (tertiary/aromatic N) is 1. The number of fused-ring (bicyclic) bond motifs is 7. The highest BCUT2D eigenvalue weighted by molar-refractivity contribution is 5.96. The molecule has 52 heavy (non-hydrogen) atoms. The summed E-state index contributed by atoms with van der Waals surface area (Å²) in [4.78, 5) is 69.1. The van der Waals surface area contributed by atoms with E-state index in [4.69, 9.17) is 13.6 Å². The smallest absolute Gasteiger partial charge is 0.481 e. The van der Waals surface area contributed by atoms with E-state index >= 15 is 0 Å². The fourth-order valence-corrected chi connectivity index (χ4v) is 13.3. The van der Waals surface area contributed by atoms with Crippen LogP contribution in [0.5, 0.6) is 0 Å². The predicted molar refractivity (Wildman–Crippen MR) is 192 cm³/mol. The highest BCUT2D eigenvalue weighted by atomic mass is 16.6. The van der Waals surface area contributed by atoms with Crippen molar-refractivity contribution < 1.29 is 37.9 Å². The molecule has 1 aromatic rings. The zero-order valence-corrected chi connectivity index (χ0v) is 32.5. The number of ketones is 2. The molecule has 5 aliphatic carbocycles. The van der Waals surface area contributed by atoms with Gasteiger partial charge in [-0.05, 0) is 144 Å². The molecule has 0 bridgehead atoms. The van der Waals surface area contributed by atoms with Gasteiger partial charge in [0, 0.05) is 24.4 Å². The van der Waals surface area contributed by atoms with Gasteiger partial charge in [0.2, 0.25) is 0 Å². The molecular weight excluding hydrogens is 662 g/mol. The van der Waals surface area contributed by atoms with Gasteiger partial charge in [-0.25, -0.2) is 4.79 Å². The maximum Gasteiger partial charge on any atom is 0.519 e. The van der Waals surface area contributed by atoms with Crippen LogP contribution in [0, 0.1) is 63.1 Å². The van der Waals surface area contributed by atoms with Crippen LogP contribution in [0.2, 0.25) is 0 Å². The van der Waals surface area contributed by atoms with Gasteiger partial charge in [0.25, 0.3) is 0 Å². The lowest BCUT2D eigenvalue weighted by molar-refractivity contribution is -0.213. The van der Waals surface area contributed by atoms with Gasteiger partial charge in [0.05, 0.1) is 10.8 Å². The highest BCUT2D eigenvalue weighted by Crippen LogP contribution is 2.75. The molecule has 10 nitrogen and oxygen atoms in total. The van der Waals surface area contributed by atoms with Crippen LogP contribution in [0.15, 0.2) is 25.3 Å². The number of carboxylic acids is 1. The third-order valence-corrected chi connectivity index (χ3v) is 16.8. The molecule has 5 fully saturated rings. The molecule has 10 heteroatoms. The molecule has 7 rings (SSSR count). The first-order chi connectivity index (χ1) is 24.2. The molecule has 0 aromatic carbocycles. The van der Waals surface area contributed by atoms with E-state index in [0.717, 1.165) is 63.5 Å². The zero-order valence-electron chi connectivity index (χ0n) is 32.5. The molecule has 1 aliphatic heterocycles. The van der Waals surface area contributed by atoms with Crippen LogP contribution in [0.25, 0.3) is 0 Å². The van der Waals surface area contributed by atoms with Crippen molar-refractivity contribution in [2.75, 3.05) is 13.1 Å². The molecule has 1 N–H and O–H groups in total. The summed E-state index contributed by atoms with van der Waals surface area (Å²) in [6.45, 7) is 17.5. The third kappa shape index (κ3) is 5.22. The number of esters is 1. The summed E-state index contributed by atoms with van der Waals surface area (Å²) >= 11 is 0. The molecule has 2 heterocycles. The number of ether oxygens (including phenoxy) is 1. The number of Topliss-reactive ketones (excluding diaryl/α,β-unsaturated/α-hetero) is 1. The van der Waals surface area contributed by atoms with Crippen molar-refractivity contribution in [3.05, 3.63) is 33.8 Å². The first kappa shape index (κ1) is 37.3. The van der Waals surface area contributed by atoms with Crippen LogP contribution < -0.4 is 5.82 Å². The Morgan fingerprint density at radius 3 is 2.31 bits per heavy atom. The number of carbonyl (C=O) groups excluding carboxylic acids is 3. The first-order valence-electron chi connectivity index (χ1n) is 19.7. The number of hydrogen-bond acceptors (Lipinski definition) is 9. The van der Waals surface area contributed by atoms with Crippen LogP contribution in [0.4, 0.5) is 0 Å². The Morgan fingerprint density at radius 2 is 1.65 bits per heavy atom. The van der Waals surface area contributed by atoms with Crippen molar-refractivity contribution in [2.45, 2.75) is 139 Å². The minimum atomic E-state index is -1.01. The lowest BCUT2D eigenvalue weighted by atomic mass is 9.33. The van der Waals surface area contributed by atoms with Gasteiger partial charge in [-0.2, -0.15) is 0 Å². The summed E-state index contributed by atoms with van der Waals surface area (Å²) in [7, 11) is 0. The maximum atomic E-state index is 15.0. The zero-order chi connectivity index (χ0) is 37.8. The topological polar surface area (TPSA) is 144 Å². The minimum Gasteiger partial charge on any atom is -0.481 e. The highest BCUT2D eigenvalue weighted by Gasteiger charge is 2.72. The van der Waals surface area contributed by atoms with Crippen LogP contribution in [0.1, 0.15) is 131 Å². The molecule has 6 aliphatic rings. The summed E-state index contributed by atoms with van der Waals surface area (Å²) in [6, 6.07) is -0.186. The molecule has 1 aromatic heterocycles. The molecule has 0 unspecified atom stereocenters. The van der Waals surface area contributed by atoms with E-state index < -0.39 is 28.0 Å². The van der Waals surface area contributed by atoms with Gasteiger partial charge in [0.1, 0.15) is 5.78 Å². The number of aryl methyl sites for hydroxylation is 1. The fourth-order valence-electron chi connectivity index (χ4n) is 13.3. The lowest BCUT2D eigenvalue weighted by Gasteiger charge is -2.71. The second-order valence-corrected chi connectivity index (χ2v) is 19.3. The van der Waals surface area contributed by atoms with Crippen molar-refractivity contribution in [2.24, 2.45) is 56.2 Å². The van der Waals surface area contributed by atoms with Crippen LogP contribution >= 0.6 is 0 Å². The average Bonchev–Trinajstić information content (AvgIpc) is 3.41. The number of carbonyl (C=O) groups is 4. The normalized spacial score (nSPS) is 44.7. The molecule has 11 atom stereocenters. The van der Waals surface area contributed by atoms with E-state index in [9.17, 15) is 29.1 Å². The number of likely N-dealkylation sites (tertiary alicyclic amines) is 1. The minimum absolute atomic E-state index is 0.0316. The Balaban J connectivity index is 1.28. The fraction of sp³-hybridized carbons (Fsp3) is 0.786. The monoisotopic (exact) mass is 721 g/mol. The van der Waals surface area contributed by atoms with Gasteiger partial charge >= 0.3 is 17.8 Å². The van der Waals surface area contributed by atoms with E-state index in [1.165, 1.54) is 0 Å². The van der Waals surface area contributed by atoms with E-state index in [2.05, 4.69) is 32.6 Å². The van der Waals surface area contributed by atoms with Crippen molar-refractivity contribution in [3.63, 3.8) is 0 Å². The van der Waals surface area contributed by atoms with E-state index in [1.807, 2.05) is 19.9 Å². The summed E-state index contributed by atoms with van der Waals surface area (Å²) < 4.78 is 16.3. The van der Waals surface area contributed by atoms with Gasteiger partial charge in [-0.1, -0.05) is 33.3 Å². The maximum absolute atomic E-state index is 15.0. The number of allylic oxidation sites excluding steroid dienone is 2. The standard InChI is InChI=1S/C42H59NO9/c1-24(44)26-10-9-19-43(22-26)32-12-13-39(5)31(42(32,8)35(48)50-23-30-25(2)51-36(49)52-30)11-14-41(7)33(39)29(45)20-27-28-21-38(4,34(46)47)16-15-37(28,3)17-18-40(27,41)6/h20,26,28,31-33H,9-19,21-23H2,1-8H3,(H,46,47)/t26-,28-,31+,32-,33+,37+,38-,39-,40+,41+,42-/m0/s1. The van der Waals surface area contributed by atoms with E-state index in [1.54, 1.807) is 13.8 Å². The summed E-state index contributed by atoms with van der Waals surface area (Å²) in [5.41, 5.74) is -1.88. The Bertz CT molecular complexity index is 1770. The van der Waals surface area contributed by atoms with E-state index in [0.29, 0.717) is 25.8 Å². The number of hydrogen-bond donors (Lipinski definition) is 1. The van der Waals surface area contributed by atoms with Crippen LogP contribution in [-0.2, 0) is 30.5 Å². The quantitative estimate of drug-likeness (QED) is 0.297. The van der Waals surface area contributed by atoms with Crippen molar-refractivity contribution in [3.8, 4) is 0 Å². The second-order valence-electron chi connectivity index (χ2n) is 19.3. The predicted octanol–water partition coefficient (Wildman–Crippen LogP) is 7.30. The SMILES string of the molecule is CC(=O)[C@H]1CCCN([C@H]2CC[C@@]3(C)[C@@H](CC[C@]4(C)[C@@H]3C(=O)C=C3[C@@H]5C[C@@](C)(C(=O)O)CC[C@]5(C)CC[C@]34C)[C@]2(C)C(=O)OCc2oc(=O)oc2C)C1. The number of carboxylic acid groups (broad SMARTS) is 1. The van der Waals surface area contributed by atoms with Crippen molar-refractivity contribution in [1.82, 2.24) is 4.90 Å². The molecule has 0 radical (unpaired) electrons. The molecule has 4 saturated carbocycles. The Kier molecular flexibility index (Phi) is 8.79. The Hall–Kier alpha value is -3.01. The molecule has 286 valence electrons. The van der Waals surface area contributed by atoms with Gasteiger partial charge in [-0.3, -0.25) is 24.1 Å². The number of rotatable bonds is 6. The van der Waals surface area contributed by atoms with Gasteiger partial charge in [-0.15, -0.1) is 0 Å². The molecule has 0 spiro atoms. The van der Waals surface area contributed by atoms with Crippen LogP contribution in [0.3, 0.4) is 0 Å². The number of aliphatic carboxylic acids is 1. The van der Waals surface area contributed by atoms with Gasteiger partial charge < -0.3 is 18.7 Å². The van der Waals surface area contributed by atoms with Gasteiger partial charge in [0.15, 0.2) is 23.9 Å². The molecule has 0 amide bonds. The average molecular weight is 722 g/mol. The number of piperidine rings is 1. The Morgan fingerprint density at radius 1 is 0.942 bits per heavy atom. The van der Waals surface area contributed by atoms with Crippen molar-refractivity contribution >= 4 is 23.5 Å². The summed E-state index contributed by atoms with van der Waals surface area (Å²) in [5, 5.41) is 10.3. The lowest BCUT2D eigenvalue weighted by Crippen LogP contribution is -2.70. The summed E-state index contributed by atoms with van der Waals surface area (Å²) in [6.07, 6.45) is 10.6. The Labute approximate surface area is 307 Å². The molecule has 1 saturated heterocycles. The van der Waals surface area contributed by atoms with Crippen molar-refractivity contribution in [1.29, 1.82) is 0 Å². The first-order valence-corrected chi connectivity index (χ1v) is 19.7. The second kappa shape index (κ2) is 12.3. The van der Waals surface area contributed by atoms with E-state index in [-0.39, 0.29) is 81.6 Å². The van der Waals surface area contributed by atoms with Crippen LogP contribution in [-0.4, -0.2) is 52.6 Å².